The Bertz CT molecular complexity index is 631. The largest absolute Gasteiger partial charge is 0.491 e. The van der Waals surface area contributed by atoms with Gasteiger partial charge in [0.25, 0.3) is 0 Å². The third kappa shape index (κ3) is 1.98. The first-order chi connectivity index (χ1) is 9.81. The molecule has 2 aliphatic rings. The number of nitrogens with one attached hydrogen (secondary N) is 1. The predicted octanol–water partition coefficient (Wildman–Crippen LogP) is 1.08. The van der Waals surface area contributed by atoms with E-state index in [1.165, 1.54) is 12.8 Å². The molecule has 1 saturated heterocycles. The lowest BCUT2D eigenvalue weighted by molar-refractivity contribution is 0.0926. The summed E-state index contributed by atoms with van der Waals surface area (Å²) >= 11 is 0. The van der Waals surface area contributed by atoms with Crippen molar-refractivity contribution in [3.63, 3.8) is 0 Å². The zero-order valence-electron chi connectivity index (χ0n) is 11.4. The van der Waals surface area contributed by atoms with Gasteiger partial charge in [0, 0.05) is 23.4 Å². The summed E-state index contributed by atoms with van der Waals surface area (Å²) in [7, 11) is 0. The fourth-order valence-corrected chi connectivity index (χ4v) is 3.31. The highest BCUT2D eigenvalue weighted by molar-refractivity contribution is 5.84. The Labute approximate surface area is 117 Å². The maximum Gasteiger partial charge on any atom is 0.124 e. The molecule has 2 N–H and O–H groups in total. The van der Waals surface area contributed by atoms with Gasteiger partial charge in [0.1, 0.15) is 12.4 Å². The van der Waals surface area contributed by atoms with Crippen molar-refractivity contribution < 1.29 is 9.84 Å². The molecule has 1 unspecified atom stereocenters. The standard InChI is InChI=1S/C15H19N3O2/c19-12-6-13-14(20-9-12)4-3-10-7-17-18(15(10)13)8-11-2-1-5-16-11/h3-4,7,11-12,16,19H,1-2,5-6,8-9H2/t11?,12-/m0/s1. The lowest BCUT2D eigenvalue weighted by Crippen LogP contribution is -2.28. The summed E-state index contributed by atoms with van der Waals surface area (Å²) in [6, 6.07) is 4.55. The number of aromatic nitrogens is 2. The molecule has 0 spiro atoms. The molecule has 0 aliphatic carbocycles. The molecule has 4 rings (SSSR count). The minimum Gasteiger partial charge on any atom is -0.491 e. The number of aliphatic hydroxyl groups excluding tert-OH is 1. The van der Waals surface area contributed by atoms with E-state index in [9.17, 15) is 5.11 Å². The van der Waals surface area contributed by atoms with Gasteiger partial charge in [-0.05, 0) is 31.5 Å². The van der Waals surface area contributed by atoms with Gasteiger partial charge in [-0.3, -0.25) is 4.68 Å². The Kier molecular flexibility index (Phi) is 2.89. The molecule has 2 atom stereocenters. The Morgan fingerprint density at radius 3 is 3.25 bits per heavy atom. The molecule has 3 heterocycles. The molecule has 0 bridgehead atoms. The van der Waals surface area contributed by atoms with Crippen molar-refractivity contribution in [2.45, 2.75) is 38.0 Å². The number of benzene rings is 1. The number of fused-ring (bicyclic) bond motifs is 3. The summed E-state index contributed by atoms with van der Waals surface area (Å²) in [5.41, 5.74) is 2.21. The SMILES string of the molecule is O[C@@H]1COc2ccc3cnn(CC4CCCN4)c3c2C1. The highest BCUT2D eigenvalue weighted by Crippen LogP contribution is 2.32. The summed E-state index contributed by atoms with van der Waals surface area (Å²) in [6.07, 6.45) is 4.59. The molecule has 5 nitrogen and oxygen atoms in total. The molecule has 5 heteroatoms. The van der Waals surface area contributed by atoms with Crippen molar-refractivity contribution in [1.29, 1.82) is 0 Å². The highest BCUT2D eigenvalue weighted by Gasteiger charge is 2.23. The lowest BCUT2D eigenvalue weighted by atomic mass is 10.0. The molecular weight excluding hydrogens is 254 g/mol. The van der Waals surface area contributed by atoms with Gasteiger partial charge in [0.05, 0.1) is 24.4 Å². The van der Waals surface area contributed by atoms with Crippen molar-refractivity contribution in [3.8, 4) is 5.75 Å². The molecule has 1 aromatic heterocycles. The van der Waals surface area contributed by atoms with Crippen LogP contribution in [0.2, 0.25) is 0 Å². The summed E-state index contributed by atoms with van der Waals surface area (Å²) < 4.78 is 7.70. The molecule has 1 fully saturated rings. The first-order valence-electron chi connectivity index (χ1n) is 7.33. The number of ether oxygens (including phenoxy) is 1. The summed E-state index contributed by atoms with van der Waals surface area (Å²) in [6.45, 7) is 2.37. The van der Waals surface area contributed by atoms with Crippen LogP contribution in [0, 0.1) is 0 Å². The first-order valence-corrected chi connectivity index (χ1v) is 7.33. The van der Waals surface area contributed by atoms with E-state index in [1.54, 1.807) is 0 Å². The normalized spacial score (nSPS) is 25.6. The Morgan fingerprint density at radius 2 is 2.40 bits per heavy atom. The van der Waals surface area contributed by atoms with Gasteiger partial charge < -0.3 is 15.2 Å². The number of hydrogen-bond acceptors (Lipinski definition) is 4. The van der Waals surface area contributed by atoms with E-state index in [0.29, 0.717) is 19.1 Å². The predicted molar refractivity (Wildman–Crippen MR) is 76.0 cm³/mol. The lowest BCUT2D eigenvalue weighted by Gasteiger charge is -2.23. The Morgan fingerprint density at radius 1 is 1.45 bits per heavy atom. The van der Waals surface area contributed by atoms with E-state index >= 15 is 0 Å². The maximum atomic E-state index is 9.86. The Balaban J connectivity index is 1.77. The van der Waals surface area contributed by atoms with Gasteiger partial charge in [-0.2, -0.15) is 5.10 Å². The van der Waals surface area contributed by atoms with Crippen LogP contribution in [-0.2, 0) is 13.0 Å². The topological polar surface area (TPSA) is 59.3 Å². The van der Waals surface area contributed by atoms with Gasteiger partial charge >= 0.3 is 0 Å². The van der Waals surface area contributed by atoms with Crippen molar-refractivity contribution in [1.82, 2.24) is 15.1 Å². The highest BCUT2D eigenvalue weighted by atomic mass is 16.5. The average Bonchev–Trinajstić information content (AvgIpc) is 3.09. The van der Waals surface area contributed by atoms with Crippen molar-refractivity contribution in [3.05, 3.63) is 23.9 Å². The second kappa shape index (κ2) is 4.75. The minimum atomic E-state index is -0.416. The van der Waals surface area contributed by atoms with E-state index in [0.717, 1.165) is 35.3 Å². The minimum absolute atomic E-state index is 0.386. The van der Waals surface area contributed by atoms with Crippen molar-refractivity contribution in [2.24, 2.45) is 0 Å². The summed E-state index contributed by atoms with van der Waals surface area (Å²) in [4.78, 5) is 0. The van der Waals surface area contributed by atoms with E-state index in [1.807, 2.05) is 12.3 Å². The smallest absolute Gasteiger partial charge is 0.124 e. The van der Waals surface area contributed by atoms with Crippen LogP contribution in [-0.4, -0.2) is 40.2 Å². The monoisotopic (exact) mass is 273 g/mol. The molecule has 106 valence electrons. The Hall–Kier alpha value is -1.59. The van der Waals surface area contributed by atoms with Crippen LogP contribution in [0.1, 0.15) is 18.4 Å². The molecule has 1 aromatic carbocycles. The van der Waals surface area contributed by atoms with Crippen LogP contribution in [0.4, 0.5) is 0 Å². The number of nitrogens with zero attached hydrogens (tertiary/aromatic N) is 2. The van der Waals surface area contributed by atoms with E-state index in [2.05, 4.69) is 21.2 Å². The van der Waals surface area contributed by atoms with Gasteiger partial charge in [0.15, 0.2) is 0 Å². The number of hydrogen-bond donors (Lipinski definition) is 2. The fourth-order valence-electron chi connectivity index (χ4n) is 3.31. The first kappa shape index (κ1) is 12.2. The number of rotatable bonds is 2. The molecule has 2 aliphatic heterocycles. The fraction of sp³-hybridized carbons (Fsp3) is 0.533. The van der Waals surface area contributed by atoms with Gasteiger partial charge in [-0.25, -0.2) is 0 Å². The zero-order valence-corrected chi connectivity index (χ0v) is 11.4. The van der Waals surface area contributed by atoms with Crippen molar-refractivity contribution in [2.75, 3.05) is 13.2 Å². The maximum absolute atomic E-state index is 9.86. The zero-order chi connectivity index (χ0) is 13.5. The van der Waals surface area contributed by atoms with E-state index in [4.69, 9.17) is 4.74 Å². The molecule has 0 saturated carbocycles. The molecular formula is C15H19N3O2. The van der Waals surface area contributed by atoms with E-state index < -0.39 is 6.10 Å². The molecule has 0 amide bonds. The van der Waals surface area contributed by atoms with Crippen LogP contribution in [0.25, 0.3) is 10.9 Å². The van der Waals surface area contributed by atoms with Crippen LogP contribution < -0.4 is 10.1 Å². The number of aliphatic hydroxyl groups is 1. The van der Waals surface area contributed by atoms with Crippen LogP contribution in [0.3, 0.4) is 0 Å². The van der Waals surface area contributed by atoms with Crippen LogP contribution in [0.5, 0.6) is 5.75 Å². The average molecular weight is 273 g/mol. The van der Waals surface area contributed by atoms with Crippen LogP contribution >= 0.6 is 0 Å². The molecule has 2 aromatic rings. The van der Waals surface area contributed by atoms with Gasteiger partial charge in [0.2, 0.25) is 0 Å². The van der Waals surface area contributed by atoms with Crippen molar-refractivity contribution >= 4 is 10.9 Å². The quantitative estimate of drug-likeness (QED) is 0.860. The van der Waals surface area contributed by atoms with Gasteiger partial charge in [-0.1, -0.05) is 0 Å². The third-order valence-corrected chi connectivity index (χ3v) is 4.29. The molecule has 20 heavy (non-hydrogen) atoms. The summed E-state index contributed by atoms with van der Waals surface area (Å²) in [5.74, 6) is 0.893. The second-order valence-electron chi connectivity index (χ2n) is 5.77. The summed E-state index contributed by atoms with van der Waals surface area (Å²) in [5, 5.41) is 19.0. The van der Waals surface area contributed by atoms with Gasteiger partial charge in [-0.15, -0.1) is 0 Å². The second-order valence-corrected chi connectivity index (χ2v) is 5.77. The molecule has 0 radical (unpaired) electrons. The van der Waals surface area contributed by atoms with E-state index in [-0.39, 0.29) is 0 Å². The third-order valence-electron chi connectivity index (χ3n) is 4.29. The van der Waals surface area contributed by atoms with Crippen LogP contribution in [0.15, 0.2) is 18.3 Å².